The lowest BCUT2D eigenvalue weighted by atomic mass is 10.2. The van der Waals surface area contributed by atoms with Crippen LogP contribution in [0, 0.1) is 0 Å². The summed E-state index contributed by atoms with van der Waals surface area (Å²) in [6.07, 6.45) is -0.446. The van der Waals surface area contributed by atoms with E-state index in [1.807, 2.05) is 12.1 Å². The summed E-state index contributed by atoms with van der Waals surface area (Å²) in [5.74, 6) is 0.195. The molecule has 0 unspecified atom stereocenters. The van der Waals surface area contributed by atoms with Crippen molar-refractivity contribution in [3.63, 3.8) is 0 Å². The van der Waals surface area contributed by atoms with E-state index in [2.05, 4.69) is 15.8 Å². The smallest absolute Gasteiger partial charge is 0.409 e. The van der Waals surface area contributed by atoms with Gasteiger partial charge in [0.2, 0.25) is 15.2 Å². The molecule has 2 heterocycles. The number of nitrogens with one attached hydrogen (secondary N) is 2. The van der Waals surface area contributed by atoms with Crippen LogP contribution in [0.25, 0.3) is 10.2 Å². The molecule has 0 radical (unpaired) electrons. The van der Waals surface area contributed by atoms with Crippen LogP contribution in [-0.2, 0) is 14.8 Å². The lowest BCUT2D eigenvalue weighted by molar-refractivity contribution is 0.0933. The number of para-hydroxylation sites is 1. The normalized spacial score (nSPS) is 14.5. The maximum Gasteiger partial charge on any atom is 0.409 e. The topological polar surface area (TPSA) is 130 Å². The van der Waals surface area contributed by atoms with Crippen LogP contribution in [0.1, 0.15) is 17.3 Å². The Morgan fingerprint density at radius 1 is 1.09 bits per heavy atom. The van der Waals surface area contributed by atoms with E-state index in [1.165, 1.54) is 44.8 Å². The number of piperazine rings is 1. The number of anilines is 1. The first-order chi connectivity index (χ1) is 16.8. The monoisotopic (exact) mass is 519 g/mol. The Bertz CT molecular complexity index is 1320. The number of sulfonamides is 1. The molecular formula is C22H25N5O6S2. The van der Waals surface area contributed by atoms with Gasteiger partial charge in [-0.3, -0.25) is 15.6 Å². The molecule has 11 nitrogen and oxygen atoms in total. The molecule has 0 spiro atoms. The van der Waals surface area contributed by atoms with Gasteiger partial charge in [0.15, 0.2) is 0 Å². The lowest BCUT2D eigenvalue weighted by Gasteiger charge is -2.33. The van der Waals surface area contributed by atoms with Crippen LogP contribution in [0.2, 0.25) is 0 Å². The fourth-order valence-corrected chi connectivity index (χ4v) is 5.84. The van der Waals surface area contributed by atoms with Crippen LogP contribution in [0.4, 0.5) is 9.93 Å². The minimum Gasteiger partial charge on any atom is -0.494 e. The van der Waals surface area contributed by atoms with E-state index in [0.29, 0.717) is 16.4 Å². The second-order valence-electron chi connectivity index (χ2n) is 7.52. The summed E-state index contributed by atoms with van der Waals surface area (Å²) in [4.78, 5) is 30.4. The summed E-state index contributed by atoms with van der Waals surface area (Å²) in [5.41, 5.74) is 6.32. The van der Waals surface area contributed by atoms with Crippen LogP contribution in [0.15, 0.2) is 47.4 Å². The number of hydrazine groups is 1. The van der Waals surface area contributed by atoms with E-state index < -0.39 is 22.0 Å². The first kappa shape index (κ1) is 24.7. The fraction of sp³-hybridized carbons (Fsp3) is 0.318. The number of methoxy groups -OCH3 is 1. The molecule has 0 atom stereocenters. The number of aromatic nitrogens is 1. The van der Waals surface area contributed by atoms with E-state index in [1.54, 1.807) is 20.1 Å². The third-order valence-electron chi connectivity index (χ3n) is 5.40. The second-order valence-corrected chi connectivity index (χ2v) is 10.5. The van der Waals surface area contributed by atoms with Crippen LogP contribution in [0.3, 0.4) is 0 Å². The number of ether oxygens (including phenoxy) is 2. The van der Waals surface area contributed by atoms with Crippen molar-refractivity contribution in [1.82, 2.24) is 19.6 Å². The highest BCUT2D eigenvalue weighted by Gasteiger charge is 2.30. The molecule has 2 aromatic carbocycles. The van der Waals surface area contributed by atoms with Gasteiger partial charge in [-0.05, 0) is 43.3 Å². The Morgan fingerprint density at radius 3 is 2.46 bits per heavy atom. The number of hydrogen-bond donors (Lipinski definition) is 2. The number of carbonyl (C=O) groups is 2. The van der Waals surface area contributed by atoms with Crippen LogP contribution >= 0.6 is 11.3 Å². The predicted octanol–water partition coefficient (Wildman–Crippen LogP) is 2.52. The Kier molecular flexibility index (Phi) is 7.38. The van der Waals surface area contributed by atoms with Gasteiger partial charge in [-0.25, -0.2) is 18.2 Å². The average molecular weight is 520 g/mol. The summed E-state index contributed by atoms with van der Waals surface area (Å²) >= 11 is 1.36. The average Bonchev–Trinajstić information content (AvgIpc) is 3.31. The molecule has 1 aromatic heterocycles. The Hall–Kier alpha value is -3.42. The maximum absolute atomic E-state index is 13.0. The molecule has 3 aromatic rings. The highest BCUT2D eigenvalue weighted by atomic mass is 32.2. The number of rotatable bonds is 7. The molecule has 0 bridgehead atoms. The number of fused-ring (bicyclic) bond motifs is 1. The van der Waals surface area contributed by atoms with E-state index >= 15 is 0 Å². The van der Waals surface area contributed by atoms with Gasteiger partial charge in [-0.2, -0.15) is 4.31 Å². The first-order valence-corrected chi connectivity index (χ1v) is 13.1. The highest BCUT2D eigenvalue weighted by Crippen LogP contribution is 2.31. The molecule has 1 saturated heterocycles. The summed E-state index contributed by atoms with van der Waals surface area (Å²) in [6.45, 7) is 2.82. The van der Waals surface area contributed by atoms with Gasteiger partial charge in [-0.1, -0.05) is 17.4 Å². The van der Waals surface area contributed by atoms with E-state index in [-0.39, 0.29) is 43.2 Å². The largest absolute Gasteiger partial charge is 0.494 e. The third-order valence-corrected chi connectivity index (χ3v) is 8.25. The van der Waals surface area contributed by atoms with Crippen LogP contribution in [-0.4, -0.2) is 74.5 Å². The molecule has 2 amide bonds. The summed E-state index contributed by atoms with van der Waals surface area (Å²) < 4.78 is 38.4. The minimum absolute atomic E-state index is 0.0739. The summed E-state index contributed by atoms with van der Waals surface area (Å²) in [7, 11) is -2.19. The molecule has 35 heavy (non-hydrogen) atoms. The van der Waals surface area contributed by atoms with Crippen LogP contribution in [0.5, 0.6) is 5.75 Å². The standard InChI is InChI=1S/C22H25N5O6S2/c1-3-33-22(29)26-11-13-27(14-12-26)35(30,31)16-9-7-15(8-10-16)20(28)24-25-21-23-19-17(32-2)5-4-6-18(19)34-21/h4-10H,3,11-14H2,1-2H3,(H,23,25)(H,24,28). The first-order valence-electron chi connectivity index (χ1n) is 10.8. The molecule has 13 heteroatoms. The van der Waals surface area contributed by atoms with Gasteiger partial charge < -0.3 is 14.4 Å². The fourth-order valence-electron chi connectivity index (χ4n) is 3.58. The van der Waals surface area contributed by atoms with E-state index in [4.69, 9.17) is 9.47 Å². The number of carbonyl (C=O) groups excluding carboxylic acids is 2. The minimum atomic E-state index is -3.76. The molecule has 2 N–H and O–H groups in total. The molecular weight excluding hydrogens is 494 g/mol. The van der Waals surface area contributed by atoms with Crippen molar-refractivity contribution >= 4 is 48.7 Å². The molecule has 1 aliphatic heterocycles. The third kappa shape index (κ3) is 5.31. The number of amides is 2. The molecule has 1 fully saturated rings. The van der Waals surface area contributed by atoms with Crippen molar-refractivity contribution in [2.75, 3.05) is 45.3 Å². The van der Waals surface area contributed by atoms with Gasteiger partial charge in [0, 0.05) is 31.7 Å². The predicted molar refractivity (Wildman–Crippen MR) is 131 cm³/mol. The molecule has 1 aliphatic rings. The summed E-state index contributed by atoms with van der Waals surface area (Å²) in [6, 6.07) is 11.2. The second kappa shape index (κ2) is 10.5. The molecule has 186 valence electrons. The van der Waals surface area contributed by atoms with Gasteiger partial charge in [0.1, 0.15) is 11.3 Å². The lowest BCUT2D eigenvalue weighted by Crippen LogP contribution is -2.50. The van der Waals surface area contributed by atoms with E-state index in [9.17, 15) is 18.0 Å². The number of benzene rings is 2. The molecule has 0 aliphatic carbocycles. The van der Waals surface area contributed by atoms with Crippen molar-refractivity contribution in [2.24, 2.45) is 0 Å². The van der Waals surface area contributed by atoms with Crippen molar-refractivity contribution < 1.29 is 27.5 Å². The number of hydrogen-bond acceptors (Lipinski definition) is 9. The zero-order valence-electron chi connectivity index (χ0n) is 19.2. The Morgan fingerprint density at radius 2 is 1.80 bits per heavy atom. The highest BCUT2D eigenvalue weighted by molar-refractivity contribution is 7.89. The number of thiazole rings is 1. The van der Waals surface area contributed by atoms with Crippen molar-refractivity contribution in [3.05, 3.63) is 48.0 Å². The van der Waals surface area contributed by atoms with Gasteiger partial charge in [0.05, 0.1) is 23.3 Å². The Balaban J connectivity index is 1.36. The van der Waals surface area contributed by atoms with Crippen molar-refractivity contribution in [1.29, 1.82) is 0 Å². The molecule has 4 rings (SSSR count). The zero-order chi connectivity index (χ0) is 25.0. The number of nitrogens with zero attached hydrogens (tertiary/aromatic N) is 3. The van der Waals surface area contributed by atoms with Crippen LogP contribution < -0.4 is 15.6 Å². The van der Waals surface area contributed by atoms with Gasteiger partial charge in [0.25, 0.3) is 5.91 Å². The van der Waals surface area contributed by atoms with Crippen molar-refractivity contribution in [2.45, 2.75) is 11.8 Å². The summed E-state index contributed by atoms with van der Waals surface area (Å²) in [5, 5.41) is 0.485. The molecule has 0 saturated carbocycles. The van der Waals surface area contributed by atoms with Gasteiger partial charge in [-0.15, -0.1) is 0 Å². The SMILES string of the molecule is CCOC(=O)N1CCN(S(=O)(=O)c2ccc(C(=O)NNc3nc4c(OC)cccc4s3)cc2)CC1. The van der Waals surface area contributed by atoms with Crippen molar-refractivity contribution in [3.8, 4) is 5.75 Å². The maximum atomic E-state index is 13.0. The zero-order valence-corrected chi connectivity index (χ0v) is 20.8. The van der Waals surface area contributed by atoms with Gasteiger partial charge >= 0.3 is 6.09 Å². The Labute approximate surface area is 206 Å². The quantitative estimate of drug-likeness (QED) is 0.456. The van der Waals surface area contributed by atoms with E-state index in [0.717, 1.165) is 4.70 Å².